The largest absolute Gasteiger partial charge is 0.396 e. The van der Waals surface area contributed by atoms with Crippen LogP contribution in [0, 0.1) is 25.7 Å². The number of benzene rings is 2. The topological polar surface area (TPSA) is 121 Å². The van der Waals surface area contributed by atoms with Crippen LogP contribution in [0.5, 0.6) is 0 Å². The smallest absolute Gasteiger partial charge is 0.177 e. The standard InChI is InChI=1S/C23H21ClN4O.C23H17ClN4O/c2*1-15-5-3-7-20(25-15)16(2)28-29-14-4-6-19-12-10-17-8-9-18-11-13-21(24)27-23(18)22(17)26-19/h3,5,7-13H,4,6,14H2,1-2H3;3,5,7-13H,14H2,1-2H3/b2*28-16+. The summed E-state index contributed by atoms with van der Waals surface area (Å²) in [7, 11) is 0. The summed E-state index contributed by atoms with van der Waals surface area (Å²) in [5, 5.41) is 13.2. The van der Waals surface area contributed by atoms with Gasteiger partial charge in [-0.3, -0.25) is 15.0 Å². The van der Waals surface area contributed by atoms with Crippen molar-refractivity contribution in [3.8, 4) is 11.8 Å². The molecule has 58 heavy (non-hydrogen) atoms. The van der Waals surface area contributed by atoms with Gasteiger partial charge >= 0.3 is 0 Å². The third kappa shape index (κ3) is 10.1. The molecule has 0 fully saturated rings. The SMILES string of the molecule is C/C(=N\OCC#Cc1ccc2ccc3ccc(Cl)nc3c2n1)c1cccc(C)n1.C/C(=N\OCCCc1ccc2ccc3ccc(Cl)nc3c2n1)c1cccc(C)n1. The summed E-state index contributed by atoms with van der Waals surface area (Å²) in [6, 6.07) is 35.2. The highest BCUT2D eigenvalue weighted by Gasteiger charge is 2.08. The number of oxime groups is 2. The molecule has 288 valence electrons. The molecule has 0 bridgehead atoms. The fourth-order valence-electron chi connectivity index (χ4n) is 6.07. The zero-order valence-electron chi connectivity index (χ0n) is 32.4. The van der Waals surface area contributed by atoms with Gasteiger partial charge in [0.05, 0.1) is 33.5 Å². The molecule has 0 saturated carbocycles. The number of hydrogen-bond acceptors (Lipinski definition) is 10. The average molecular weight is 806 g/mol. The summed E-state index contributed by atoms with van der Waals surface area (Å²) < 4.78 is 0. The van der Waals surface area contributed by atoms with Gasteiger partial charge in [0.1, 0.15) is 34.0 Å². The Kier molecular flexibility index (Phi) is 12.7. The van der Waals surface area contributed by atoms with Crippen LogP contribution < -0.4 is 0 Å². The Morgan fingerprint density at radius 1 is 0.552 bits per heavy atom. The van der Waals surface area contributed by atoms with Crippen molar-refractivity contribution in [2.75, 3.05) is 13.2 Å². The molecule has 0 aliphatic carbocycles. The van der Waals surface area contributed by atoms with E-state index in [2.05, 4.69) is 59.2 Å². The van der Waals surface area contributed by atoms with Crippen molar-refractivity contribution < 1.29 is 9.68 Å². The van der Waals surface area contributed by atoms with Gasteiger partial charge in [-0.15, -0.1) is 0 Å². The van der Waals surface area contributed by atoms with E-state index < -0.39 is 0 Å². The molecule has 8 aromatic rings. The van der Waals surface area contributed by atoms with E-state index in [1.807, 2.05) is 113 Å². The third-order valence-electron chi connectivity index (χ3n) is 8.97. The van der Waals surface area contributed by atoms with Gasteiger partial charge in [0.2, 0.25) is 0 Å². The first kappa shape index (κ1) is 39.7. The lowest BCUT2D eigenvalue weighted by Crippen LogP contribution is -2.02. The molecule has 0 N–H and O–H groups in total. The highest BCUT2D eigenvalue weighted by atomic mass is 35.5. The maximum atomic E-state index is 6.08. The molecule has 0 unspecified atom stereocenters. The number of nitrogens with zero attached hydrogens (tertiary/aromatic N) is 8. The van der Waals surface area contributed by atoms with Crippen molar-refractivity contribution >= 4 is 78.2 Å². The van der Waals surface area contributed by atoms with Gasteiger partial charge in [-0.05, 0) is 113 Å². The Bertz CT molecular complexity index is 2900. The number of aromatic nitrogens is 6. The lowest BCUT2D eigenvalue weighted by molar-refractivity contribution is 0.141. The molecule has 0 spiro atoms. The maximum absolute atomic E-state index is 6.08. The zero-order valence-corrected chi connectivity index (χ0v) is 33.9. The zero-order chi connectivity index (χ0) is 40.4. The number of pyridine rings is 6. The van der Waals surface area contributed by atoms with Crippen LogP contribution >= 0.6 is 23.2 Å². The van der Waals surface area contributed by atoms with E-state index in [4.69, 9.17) is 37.9 Å². The normalized spacial score (nSPS) is 11.6. The van der Waals surface area contributed by atoms with E-state index in [9.17, 15) is 0 Å². The minimum absolute atomic E-state index is 0.155. The van der Waals surface area contributed by atoms with Crippen LogP contribution in [-0.2, 0) is 16.1 Å². The lowest BCUT2D eigenvalue weighted by atomic mass is 10.1. The van der Waals surface area contributed by atoms with E-state index in [0.717, 1.165) is 90.6 Å². The molecule has 8 rings (SSSR count). The predicted octanol–water partition coefficient (Wildman–Crippen LogP) is 10.4. The summed E-state index contributed by atoms with van der Waals surface area (Å²) in [5.74, 6) is 5.94. The molecule has 6 aromatic heterocycles. The van der Waals surface area contributed by atoms with Crippen molar-refractivity contribution in [1.82, 2.24) is 29.9 Å². The van der Waals surface area contributed by atoms with Gasteiger partial charge in [0.25, 0.3) is 0 Å². The first-order valence-electron chi connectivity index (χ1n) is 18.6. The maximum Gasteiger partial charge on any atom is 0.177 e. The fraction of sp³-hybridized carbons (Fsp3) is 0.174. The van der Waals surface area contributed by atoms with Crippen LogP contribution in [0.25, 0.3) is 43.6 Å². The number of rotatable bonds is 9. The van der Waals surface area contributed by atoms with Gasteiger partial charge in [-0.25, -0.2) is 15.0 Å². The minimum atomic E-state index is 0.155. The van der Waals surface area contributed by atoms with Crippen LogP contribution in [0.15, 0.2) is 120 Å². The highest BCUT2D eigenvalue weighted by Crippen LogP contribution is 2.25. The van der Waals surface area contributed by atoms with Gasteiger partial charge in [-0.1, -0.05) is 81.9 Å². The molecular formula is C46H38Cl2N8O2. The van der Waals surface area contributed by atoms with Crippen molar-refractivity contribution in [1.29, 1.82) is 0 Å². The van der Waals surface area contributed by atoms with Gasteiger partial charge in [0.15, 0.2) is 6.61 Å². The lowest BCUT2D eigenvalue weighted by Gasteiger charge is -2.06. The monoisotopic (exact) mass is 804 g/mol. The van der Waals surface area contributed by atoms with Gasteiger partial charge < -0.3 is 9.68 Å². The Balaban J connectivity index is 0.000000177. The fourth-order valence-corrected chi connectivity index (χ4v) is 6.36. The Labute approximate surface area is 346 Å². The Morgan fingerprint density at radius 3 is 1.60 bits per heavy atom. The Morgan fingerprint density at radius 2 is 1.03 bits per heavy atom. The van der Waals surface area contributed by atoms with E-state index in [1.54, 1.807) is 12.1 Å². The highest BCUT2D eigenvalue weighted by molar-refractivity contribution is 6.30. The van der Waals surface area contributed by atoms with Crippen molar-refractivity contribution in [2.45, 2.75) is 40.5 Å². The summed E-state index contributed by atoms with van der Waals surface area (Å²) in [4.78, 5) is 38.0. The molecular weight excluding hydrogens is 767 g/mol. The van der Waals surface area contributed by atoms with Gasteiger partial charge in [0, 0.05) is 38.6 Å². The first-order valence-corrected chi connectivity index (χ1v) is 19.4. The third-order valence-corrected chi connectivity index (χ3v) is 9.39. The summed E-state index contributed by atoms with van der Waals surface area (Å²) in [6.07, 6.45) is 1.61. The average Bonchev–Trinajstić information content (AvgIpc) is 3.23. The number of fused-ring (bicyclic) bond motifs is 6. The summed E-state index contributed by atoms with van der Waals surface area (Å²) >= 11 is 12.1. The van der Waals surface area contributed by atoms with E-state index in [-0.39, 0.29) is 6.61 Å². The second-order valence-corrected chi connectivity index (χ2v) is 14.2. The number of aryl methyl sites for hydroxylation is 3. The Hall–Kier alpha value is -6.54. The molecule has 0 radical (unpaired) electrons. The van der Waals surface area contributed by atoms with Crippen LogP contribution in [0.1, 0.15) is 54.4 Å². The number of hydrogen-bond donors (Lipinski definition) is 0. The van der Waals surface area contributed by atoms with Crippen molar-refractivity contribution in [2.24, 2.45) is 10.3 Å². The first-order chi connectivity index (χ1) is 28.2. The van der Waals surface area contributed by atoms with Crippen LogP contribution in [0.4, 0.5) is 0 Å². The molecule has 12 heteroatoms. The molecule has 0 aliphatic heterocycles. The van der Waals surface area contributed by atoms with Crippen LogP contribution in [-0.4, -0.2) is 54.5 Å². The van der Waals surface area contributed by atoms with E-state index in [0.29, 0.717) is 28.3 Å². The quantitative estimate of drug-likeness (QED) is 0.0353. The van der Waals surface area contributed by atoms with Crippen LogP contribution in [0.3, 0.4) is 0 Å². The second-order valence-electron chi connectivity index (χ2n) is 13.4. The summed E-state index contributed by atoms with van der Waals surface area (Å²) in [6.45, 7) is 8.32. The molecule has 0 saturated heterocycles. The van der Waals surface area contributed by atoms with Crippen molar-refractivity contribution in [3.63, 3.8) is 0 Å². The van der Waals surface area contributed by atoms with Gasteiger partial charge in [-0.2, -0.15) is 0 Å². The minimum Gasteiger partial charge on any atom is -0.396 e. The molecule has 0 atom stereocenters. The molecule has 0 amide bonds. The predicted molar refractivity (Wildman–Crippen MR) is 234 cm³/mol. The summed E-state index contributed by atoms with van der Waals surface area (Å²) in [5.41, 5.74) is 9.87. The van der Waals surface area contributed by atoms with E-state index in [1.165, 1.54) is 0 Å². The molecule has 10 nitrogen and oxygen atoms in total. The van der Waals surface area contributed by atoms with Crippen LogP contribution in [0.2, 0.25) is 10.3 Å². The molecule has 6 heterocycles. The molecule has 2 aromatic carbocycles. The second kappa shape index (κ2) is 18.6. The number of halogens is 2. The van der Waals surface area contributed by atoms with Crippen molar-refractivity contribution in [3.05, 3.63) is 154 Å². The molecule has 0 aliphatic rings. The van der Waals surface area contributed by atoms with E-state index >= 15 is 0 Å².